The van der Waals surface area contributed by atoms with Crippen molar-refractivity contribution in [2.75, 3.05) is 18.5 Å². The van der Waals surface area contributed by atoms with Gasteiger partial charge in [-0.05, 0) is 24.4 Å². The molecule has 0 saturated carbocycles. The van der Waals surface area contributed by atoms with E-state index in [9.17, 15) is 9.59 Å². The highest BCUT2D eigenvalue weighted by atomic mass is 16.5. The molecule has 3 aromatic rings. The summed E-state index contributed by atoms with van der Waals surface area (Å²) in [5.74, 6) is 1.08. The molecule has 0 spiro atoms. The first kappa shape index (κ1) is 19.1. The molecule has 1 atom stereocenters. The Morgan fingerprint density at radius 3 is 2.59 bits per heavy atom. The number of hydrogen-bond donors (Lipinski definition) is 0. The number of hydrogen-bond acceptors (Lipinski definition) is 5. The van der Waals surface area contributed by atoms with Gasteiger partial charge in [0.25, 0.3) is 5.91 Å². The smallest absolute Gasteiger partial charge is 0.259 e. The maximum atomic E-state index is 13.0. The summed E-state index contributed by atoms with van der Waals surface area (Å²) in [7, 11) is 1.73. The molecule has 7 nitrogen and oxygen atoms in total. The predicted octanol–water partition coefficient (Wildman–Crippen LogP) is 3.40. The highest BCUT2D eigenvalue weighted by Gasteiger charge is 2.36. The number of nitrogens with zero attached hydrogens (tertiary/aromatic N) is 4. The van der Waals surface area contributed by atoms with Gasteiger partial charge >= 0.3 is 0 Å². The number of anilines is 1. The van der Waals surface area contributed by atoms with Crippen LogP contribution in [0, 0.1) is 0 Å². The van der Waals surface area contributed by atoms with Crippen LogP contribution in [-0.2, 0) is 11.2 Å². The third kappa shape index (κ3) is 3.26. The molecular formula is C22H24N4O3. The Kier molecular flexibility index (Phi) is 4.82. The van der Waals surface area contributed by atoms with Crippen molar-refractivity contribution < 1.29 is 14.1 Å². The summed E-state index contributed by atoms with van der Waals surface area (Å²) in [5.41, 5.74) is 1.44. The number of aromatic nitrogens is 2. The van der Waals surface area contributed by atoms with Crippen LogP contribution in [-0.4, -0.2) is 46.5 Å². The first-order valence-electron chi connectivity index (χ1n) is 9.81. The van der Waals surface area contributed by atoms with Gasteiger partial charge in [-0.3, -0.25) is 14.5 Å². The predicted molar refractivity (Wildman–Crippen MR) is 110 cm³/mol. The van der Waals surface area contributed by atoms with E-state index in [4.69, 9.17) is 4.52 Å². The van der Waals surface area contributed by atoms with Crippen LogP contribution >= 0.6 is 0 Å². The van der Waals surface area contributed by atoms with Crippen LogP contribution in [0.25, 0.3) is 10.8 Å². The summed E-state index contributed by atoms with van der Waals surface area (Å²) in [6.07, 6.45) is 0.495. The topological polar surface area (TPSA) is 79.5 Å². The first-order chi connectivity index (χ1) is 13.9. The maximum Gasteiger partial charge on any atom is 0.259 e. The lowest BCUT2D eigenvalue weighted by molar-refractivity contribution is -0.130. The lowest BCUT2D eigenvalue weighted by Crippen LogP contribution is -2.47. The highest BCUT2D eigenvalue weighted by molar-refractivity contribution is 6.26. The monoisotopic (exact) mass is 392 g/mol. The van der Waals surface area contributed by atoms with Gasteiger partial charge in [0.2, 0.25) is 11.8 Å². The SMILES string of the molecule is CC(C)c1nc(CCN(C)C(=O)C(C)N2C(=O)c3cccc4cccc2c34)no1. The molecule has 7 heteroatoms. The van der Waals surface area contributed by atoms with Crippen LogP contribution in [0.15, 0.2) is 40.9 Å². The molecule has 0 bridgehead atoms. The van der Waals surface area contributed by atoms with Gasteiger partial charge < -0.3 is 9.42 Å². The molecule has 1 unspecified atom stereocenters. The molecule has 0 saturated heterocycles. The van der Waals surface area contributed by atoms with Crippen LogP contribution in [0.1, 0.15) is 48.8 Å². The Hall–Kier alpha value is -3.22. The molecule has 1 aliphatic heterocycles. The number of carbonyl (C=O) groups is 2. The highest BCUT2D eigenvalue weighted by Crippen LogP contribution is 2.38. The molecule has 4 rings (SSSR count). The normalized spacial score (nSPS) is 14.1. The van der Waals surface area contributed by atoms with Gasteiger partial charge in [-0.1, -0.05) is 43.3 Å². The second kappa shape index (κ2) is 7.31. The second-order valence-corrected chi connectivity index (χ2v) is 7.75. The summed E-state index contributed by atoms with van der Waals surface area (Å²) >= 11 is 0. The zero-order valence-electron chi connectivity index (χ0n) is 17.0. The zero-order chi connectivity index (χ0) is 20.7. The van der Waals surface area contributed by atoms with Crippen molar-refractivity contribution in [2.24, 2.45) is 0 Å². The Bertz CT molecular complexity index is 1080. The van der Waals surface area contributed by atoms with Gasteiger partial charge in [0.05, 0.1) is 5.69 Å². The zero-order valence-corrected chi connectivity index (χ0v) is 17.0. The molecule has 150 valence electrons. The fourth-order valence-electron chi connectivity index (χ4n) is 3.73. The number of carbonyl (C=O) groups excluding carboxylic acids is 2. The maximum absolute atomic E-state index is 13.0. The third-order valence-corrected chi connectivity index (χ3v) is 5.36. The van der Waals surface area contributed by atoms with Crippen molar-refractivity contribution in [2.45, 2.75) is 39.2 Å². The minimum atomic E-state index is -0.609. The fraction of sp³-hybridized carbons (Fsp3) is 0.364. The van der Waals surface area contributed by atoms with E-state index in [1.165, 1.54) is 0 Å². The average molecular weight is 392 g/mol. The second-order valence-electron chi connectivity index (χ2n) is 7.75. The lowest BCUT2D eigenvalue weighted by Gasteiger charge is -2.28. The summed E-state index contributed by atoms with van der Waals surface area (Å²) in [6, 6.07) is 10.9. The van der Waals surface area contributed by atoms with E-state index >= 15 is 0 Å². The van der Waals surface area contributed by atoms with E-state index < -0.39 is 6.04 Å². The van der Waals surface area contributed by atoms with E-state index in [-0.39, 0.29) is 17.7 Å². The van der Waals surface area contributed by atoms with Crippen LogP contribution in [0.4, 0.5) is 5.69 Å². The molecule has 2 amide bonds. The molecular weight excluding hydrogens is 368 g/mol. The van der Waals surface area contributed by atoms with Gasteiger partial charge in [0, 0.05) is 36.9 Å². The molecule has 2 aromatic carbocycles. The Morgan fingerprint density at radius 2 is 1.90 bits per heavy atom. The molecule has 1 aromatic heterocycles. The summed E-state index contributed by atoms with van der Waals surface area (Å²) in [5, 5.41) is 5.88. The van der Waals surface area contributed by atoms with Crippen molar-refractivity contribution in [3.8, 4) is 0 Å². The number of benzene rings is 2. The van der Waals surface area contributed by atoms with Crippen LogP contribution in [0.5, 0.6) is 0 Å². The molecule has 1 aliphatic rings. The standard InChI is InChI=1S/C22H24N4O3/c1-13(2)20-23-18(24-29-20)11-12-25(4)21(27)14(3)26-17-10-6-8-15-7-5-9-16(19(15)17)22(26)28/h5-10,13-14H,11-12H2,1-4H3. The average Bonchev–Trinajstić information content (AvgIpc) is 3.30. The van der Waals surface area contributed by atoms with E-state index in [1.54, 1.807) is 23.8 Å². The third-order valence-electron chi connectivity index (χ3n) is 5.36. The van der Waals surface area contributed by atoms with E-state index in [1.807, 2.05) is 50.2 Å². The Labute approximate surface area is 169 Å². The number of amides is 2. The summed E-state index contributed by atoms with van der Waals surface area (Å²) < 4.78 is 5.21. The van der Waals surface area contributed by atoms with Gasteiger partial charge in [-0.2, -0.15) is 4.98 Å². The quantitative estimate of drug-likeness (QED) is 0.642. The fourth-order valence-corrected chi connectivity index (χ4v) is 3.73. The first-order valence-corrected chi connectivity index (χ1v) is 9.81. The molecule has 0 fully saturated rings. The summed E-state index contributed by atoms with van der Waals surface area (Å²) in [6.45, 7) is 6.19. The van der Waals surface area contributed by atoms with Crippen molar-refractivity contribution in [3.63, 3.8) is 0 Å². The largest absolute Gasteiger partial charge is 0.344 e. The van der Waals surface area contributed by atoms with Crippen LogP contribution in [0.3, 0.4) is 0 Å². The molecule has 0 N–H and O–H groups in total. The van der Waals surface area contributed by atoms with Crippen LogP contribution < -0.4 is 4.90 Å². The molecule has 29 heavy (non-hydrogen) atoms. The molecule has 0 aliphatic carbocycles. The van der Waals surface area contributed by atoms with Gasteiger partial charge in [0.15, 0.2) is 5.82 Å². The van der Waals surface area contributed by atoms with Gasteiger partial charge in [-0.25, -0.2) is 0 Å². The van der Waals surface area contributed by atoms with Crippen molar-refractivity contribution >= 4 is 28.3 Å². The summed E-state index contributed by atoms with van der Waals surface area (Å²) in [4.78, 5) is 33.6. The Balaban J connectivity index is 1.49. The lowest BCUT2D eigenvalue weighted by atomic mass is 10.1. The van der Waals surface area contributed by atoms with Gasteiger partial charge in [-0.15, -0.1) is 0 Å². The molecule has 2 heterocycles. The number of likely N-dealkylation sites (N-methyl/N-ethyl adjacent to an activating group) is 1. The van der Waals surface area contributed by atoms with Crippen molar-refractivity contribution in [1.29, 1.82) is 0 Å². The van der Waals surface area contributed by atoms with E-state index in [2.05, 4.69) is 10.1 Å². The minimum Gasteiger partial charge on any atom is -0.344 e. The molecule has 0 radical (unpaired) electrons. The van der Waals surface area contributed by atoms with E-state index in [0.29, 0.717) is 30.2 Å². The Morgan fingerprint density at radius 1 is 1.17 bits per heavy atom. The van der Waals surface area contributed by atoms with Gasteiger partial charge in [0.1, 0.15) is 6.04 Å². The van der Waals surface area contributed by atoms with Crippen molar-refractivity contribution in [1.82, 2.24) is 15.0 Å². The van der Waals surface area contributed by atoms with Crippen molar-refractivity contribution in [3.05, 3.63) is 53.7 Å². The van der Waals surface area contributed by atoms with Crippen LogP contribution in [0.2, 0.25) is 0 Å². The number of rotatable bonds is 6. The van der Waals surface area contributed by atoms with E-state index in [0.717, 1.165) is 16.5 Å². The minimum absolute atomic E-state index is 0.129.